The van der Waals surface area contributed by atoms with Crippen molar-refractivity contribution in [2.24, 2.45) is 0 Å². The molecule has 35 heavy (non-hydrogen) atoms. The molecule has 6 heteroatoms. The SMILES string of the molecule is CCCNC(=O)[C@@H](Cc1ccccc1)N(Cc1cccc(OC)c1)C(=O)CCSc1ccccc1. The van der Waals surface area contributed by atoms with Crippen LogP contribution in [0.25, 0.3) is 0 Å². The van der Waals surface area contributed by atoms with Crippen molar-refractivity contribution in [1.82, 2.24) is 10.2 Å². The number of methoxy groups -OCH3 is 1. The Hall–Kier alpha value is -3.25. The summed E-state index contributed by atoms with van der Waals surface area (Å²) in [5, 5.41) is 3.02. The number of carbonyl (C=O) groups excluding carboxylic acids is 2. The van der Waals surface area contributed by atoms with Gasteiger partial charge in [-0.2, -0.15) is 0 Å². The van der Waals surface area contributed by atoms with Crippen molar-refractivity contribution < 1.29 is 14.3 Å². The fourth-order valence-electron chi connectivity index (χ4n) is 3.80. The van der Waals surface area contributed by atoms with Gasteiger partial charge in [-0.25, -0.2) is 0 Å². The molecule has 5 nitrogen and oxygen atoms in total. The summed E-state index contributed by atoms with van der Waals surface area (Å²) in [6.07, 6.45) is 1.63. The van der Waals surface area contributed by atoms with E-state index in [0.29, 0.717) is 31.7 Å². The number of rotatable bonds is 13. The van der Waals surface area contributed by atoms with Crippen LogP contribution in [0.1, 0.15) is 30.9 Å². The molecule has 184 valence electrons. The lowest BCUT2D eigenvalue weighted by atomic mass is 10.0. The van der Waals surface area contributed by atoms with Gasteiger partial charge in [0.2, 0.25) is 11.8 Å². The molecule has 0 aliphatic heterocycles. The minimum absolute atomic E-state index is 0.0381. The Morgan fingerprint density at radius 3 is 2.31 bits per heavy atom. The Labute approximate surface area is 212 Å². The molecule has 0 spiro atoms. The van der Waals surface area contributed by atoms with Gasteiger partial charge in [-0.05, 0) is 41.8 Å². The maximum Gasteiger partial charge on any atom is 0.243 e. The van der Waals surface area contributed by atoms with E-state index in [1.54, 1.807) is 23.8 Å². The molecule has 2 amide bonds. The van der Waals surface area contributed by atoms with E-state index in [9.17, 15) is 9.59 Å². The molecule has 0 heterocycles. The molecule has 0 bridgehead atoms. The van der Waals surface area contributed by atoms with Gasteiger partial charge in [-0.1, -0.05) is 67.6 Å². The first kappa shape index (κ1) is 26.4. The number of nitrogens with one attached hydrogen (secondary N) is 1. The summed E-state index contributed by atoms with van der Waals surface area (Å²) in [6, 6.07) is 27.0. The quantitative estimate of drug-likeness (QED) is 0.329. The molecule has 1 N–H and O–H groups in total. The molecule has 0 fully saturated rings. The van der Waals surface area contributed by atoms with Gasteiger partial charge in [0.05, 0.1) is 7.11 Å². The van der Waals surface area contributed by atoms with E-state index in [1.165, 1.54) is 0 Å². The van der Waals surface area contributed by atoms with Crippen LogP contribution in [0.2, 0.25) is 0 Å². The first-order valence-electron chi connectivity index (χ1n) is 12.0. The van der Waals surface area contributed by atoms with Crippen molar-refractivity contribution in [3.05, 3.63) is 96.1 Å². The Kier molecular flexibility index (Phi) is 10.7. The van der Waals surface area contributed by atoms with E-state index in [4.69, 9.17) is 4.74 Å². The molecule has 0 aromatic heterocycles. The number of ether oxygens (including phenoxy) is 1. The summed E-state index contributed by atoms with van der Waals surface area (Å²) in [5.74, 6) is 1.21. The molecular formula is C29H34N2O3S. The topological polar surface area (TPSA) is 58.6 Å². The van der Waals surface area contributed by atoms with E-state index < -0.39 is 6.04 Å². The van der Waals surface area contributed by atoms with Gasteiger partial charge in [0, 0.05) is 36.6 Å². The van der Waals surface area contributed by atoms with E-state index in [0.717, 1.165) is 28.2 Å². The van der Waals surface area contributed by atoms with Crippen LogP contribution in [-0.4, -0.2) is 42.2 Å². The fourth-order valence-corrected chi connectivity index (χ4v) is 4.67. The summed E-state index contributed by atoms with van der Waals surface area (Å²) >= 11 is 1.65. The third kappa shape index (κ3) is 8.48. The molecule has 0 aliphatic carbocycles. The van der Waals surface area contributed by atoms with Gasteiger partial charge in [0.25, 0.3) is 0 Å². The van der Waals surface area contributed by atoms with Crippen LogP contribution < -0.4 is 10.1 Å². The summed E-state index contributed by atoms with van der Waals surface area (Å²) in [6.45, 7) is 2.94. The van der Waals surface area contributed by atoms with Gasteiger partial charge in [-0.15, -0.1) is 11.8 Å². The zero-order chi connectivity index (χ0) is 24.9. The predicted octanol–water partition coefficient (Wildman–Crippen LogP) is 5.34. The first-order valence-corrected chi connectivity index (χ1v) is 13.0. The van der Waals surface area contributed by atoms with Gasteiger partial charge < -0.3 is 15.0 Å². The van der Waals surface area contributed by atoms with E-state index >= 15 is 0 Å². The van der Waals surface area contributed by atoms with Crippen molar-refractivity contribution in [3.8, 4) is 5.75 Å². The summed E-state index contributed by atoms with van der Waals surface area (Å²) in [5.41, 5.74) is 1.95. The van der Waals surface area contributed by atoms with Crippen molar-refractivity contribution in [1.29, 1.82) is 0 Å². The van der Waals surface area contributed by atoms with Crippen LogP contribution >= 0.6 is 11.8 Å². The second kappa shape index (κ2) is 14.2. The smallest absolute Gasteiger partial charge is 0.243 e. The van der Waals surface area contributed by atoms with Crippen molar-refractivity contribution in [3.63, 3.8) is 0 Å². The van der Waals surface area contributed by atoms with Crippen molar-refractivity contribution in [2.45, 2.75) is 43.7 Å². The summed E-state index contributed by atoms with van der Waals surface area (Å²) in [4.78, 5) is 29.8. The Balaban J connectivity index is 1.85. The molecule has 3 aromatic carbocycles. The van der Waals surface area contributed by atoms with E-state index in [-0.39, 0.29) is 11.8 Å². The van der Waals surface area contributed by atoms with Crippen LogP contribution in [0.3, 0.4) is 0 Å². The Morgan fingerprint density at radius 2 is 1.63 bits per heavy atom. The Bertz CT molecular complexity index is 1060. The molecule has 0 saturated heterocycles. The van der Waals surface area contributed by atoms with E-state index in [2.05, 4.69) is 5.32 Å². The molecule has 0 unspecified atom stereocenters. The van der Waals surface area contributed by atoms with Crippen molar-refractivity contribution >= 4 is 23.6 Å². The molecular weight excluding hydrogens is 456 g/mol. The lowest BCUT2D eigenvalue weighted by Crippen LogP contribution is -2.50. The molecule has 0 radical (unpaired) electrons. The highest BCUT2D eigenvalue weighted by molar-refractivity contribution is 7.99. The van der Waals surface area contributed by atoms with Crippen molar-refractivity contribution in [2.75, 3.05) is 19.4 Å². The number of amides is 2. The van der Waals surface area contributed by atoms with Gasteiger partial charge in [0.15, 0.2) is 0 Å². The second-order valence-electron chi connectivity index (χ2n) is 8.28. The number of hydrogen-bond donors (Lipinski definition) is 1. The van der Waals surface area contributed by atoms with Gasteiger partial charge in [0.1, 0.15) is 11.8 Å². The predicted molar refractivity (Wildman–Crippen MR) is 143 cm³/mol. The lowest BCUT2D eigenvalue weighted by Gasteiger charge is -2.31. The van der Waals surface area contributed by atoms with Gasteiger partial charge in [-0.3, -0.25) is 9.59 Å². The average molecular weight is 491 g/mol. The summed E-state index contributed by atoms with van der Waals surface area (Å²) < 4.78 is 5.38. The number of carbonyl (C=O) groups is 2. The lowest BCUT2D eigenvalue weighted by molar-refractivity contribution is -0.141. The summed E-state index contributed by atoms with van der Waals surface area (Å²) in [7, 11) is 1.62. The maximum atomic E-state index is 13.6. The molecule has 1 atom stereocenters. The highest BCUT2D eigenvalue weighted by Gasteiger charge is 2.30. The average Bonchev–Trinajstić information content (AvgIpc) is 2.90. The third-order valence-electron chi connectivity index (χ3n) is 5.64. The number of benzene rings is 3. The van der Waals surface area contributed by atoms with Crippen LogP contribution in [0, 0.1) is 0 Å². The minimum Gasteiger partial charge on any atom is -0.497 e. The van der Waals surface area contributed by atoms with Crippen LogP contribution in [0.5, 0.6) is 5.75 Å². The second-order valence-corrected chi connectivity index (χ2v) is 9.45. The van der Waals surface area contributed by atoms with Crippen LogP contribution in [0.15, 0.2) is 89.8 Å². The molecule has 0 saturated carbocycles. The highest BCUT2D eigenvalue weighted by Crippen LogP contribution is 2.22. The standard InChI is InChI=1S/C29H34N2O3S/c1-3-18-30-29(33)27(21-23-11-6-4-7-12-23)31(22-24-13-10-14-25(20-24)34-2)28(32)17-19-35-26-15-8-5-9-16-26/h4-16,20,27H,3,17-19,21-22H2,1-2H3,(H,30,33)/t27-/m1/s1. The van der Waals surface area contributed by atoms with Gasteiger partial charge >= 0.3 is 0 Å². The number of nitrogens with zero attached hydrogens (tertiary/aromatic N) is 1. The van der Waals surface area contributed by atoms with Crippen LogP contribution in [0.4, 0.5) is 0 Å². The first-order chi connectivity index (χ1) is 17.1. The number of hydrogen-bond acceptors (Lipinski definition) is 4. The van der Waals surface area contributed by atoms with E-state index in [1.807, 2.05) is 91.9 Å². The largest absolute Gasteiger partial charge is 0.497 e. The molecule has 3 rings (SSSR count). The Morgan fingerprint density at radius 1 is 0.943 bits per heavy atom. The number of thioether (sulfide) groups is 1. The third-order valence-corrected chi connectivity index (χ3v) is 6.65. The maximum absolute atomic E-state index is 13.6. The minimum atomic E-state index is -0.607. The molecule has 0 aliphatic rings. The van der Waals surface area contributed by atoms with Crippen LogP contribution in [-0.2, 0) is 22.6 Å². The monoisotopic (exact) mass is 490 g/mol. The normalized spacial score (nSPS) is 11.5. The zero-order valence-electron chi connectivity index (χ0n) is 20.5. The zero-order valence-corrected chi connectivity index (χ0v) is 21.3. The molecule has 3 aromatic rings. The highest BCUT2D eigenvalue weighted by atomic mass is 32.2. The fraction of sp³-hybridized carbons (Fsp3) is 0.310.